The van der Waals surface area contributed by atoms with E-state index in [1.165, 1.54) is 17.4 Å². The molecular weight excluding hydrogens is 1450 g/mol. The van der Waals surface area contributed by atoms with Crippen molar-refractivity contribution in [3.05, 3.63) is 300 Å². The molecule has 0 unspecified atom stereocenters. The highest BCUT2D eigenvalue weighted by Crippen LogP contribution is 2.43. The van der Waals surface area contributed by atoms with Crippen LogP contribution in [0.25, 0.3) is 220 Å². The lowest BCUT2D eigenvalue weighted by molar-refractivity contribution is -0.132. The van der Waals surface area contributed by atoms with E-state index in [0.29, 0.717) is 96.6 Å². The number of fused-ring (bicyclic) bond motifs is 40. The summed E-state index contributed by atoms with van der Waals surface area (Å²) in [4.78, 5) is 91.9. The van der Waals surface area contributed by atoms with Crippen LogP contribution in [0.5, 0.6) is 0 Å². The lowest BCUT2D eigenvalue weighted by Crippen LogP contribution is -2.09. The molecule has 16 bridgehead atoms. The molecule has 0 fully saturated rings. The molecule has 20 nitrogen and oxygen atoms in total. The fourth-order valence-corrected chi connectivity index (χ4v) is 16.4. The molecule has 11 aromatic carbocycles. The highest BCUT2D eigenvalue weighted by Gasteiger charge is 2.27. The number of thiophene rings is 1. The second-order valence-electron chi connectivity index (χ2n) is 28.0. The number of nitrogens with zero attached hydrogens (tertiary/aromatic N) is 14. The van der Waals surface area contributed by atoms with Gasteiger partial charge in [0.25, 0.3) is 0 Å². The molecule has 7 aromatic heterocycles. The molecule has 0 saturated carbocycles. The number of carboxylic acids is 1. The van der Waals surface area contributed by atoms with Crippen LogP contribution >= 0.6 is 11.3 Å². The average molecular weight is 1500 g/mol. The van der Waals surface area contributed by atoms with Gasteiger partial charge in [0.15, 0.2) is 46.6 Å². The van der Waals surface area contributed by atoms with Crippen LogP contribution < -0.4 is 4.90 Å². The van der Waals surface area contributed by atoms with Gasteiger partial charge in [-0.15, -0.1) is 11.3 Å². The minimum atomic E-state index is -1.27. The van der Waals surface area contributed by atoms with E-state index in [1.54, 1.807) is 6.07 Å². The zero-order chi connectivity index (χ0) is 76.4. The SMILES string of the molecule is N#C/C(=C\c1ccc(-c2ccc(N(c3ccc(/C=C/c4ccc5c(c4)-c4nc-5nc5[nH]c(nc6nc(nc7[nH]c(n4)c4ccccc74)-c4ccccc4-6)c4ccccc54)cc3)c3ccc(/C=C/c4ccc5c(c4)-c4nc-5nc5[nH]c(nc6nc(nc7[nH]c(n4)c4ccccc74)-c4ccccc4-6)c4ccccc54)cc3)cc2)s1)C(=O)O. The number of nitriles is 1. The maximum absolute atomic E-state index is 11.7. The average Bonchev–Trinajstić information content (AvgIpc) is 1.61. The van der Waals surface area contributed by atoms with Gasteiger partial charge in [-0.2, -0.15) is 5.26 Å². The van der Waals surface area contributed by atoms with Crippen LogP contribution in [0, 0.1) is 11.3 Å². The molecule has 538 valence electrons. The summed E-state index contributed by atoms with van der Waals surface area (Å²) >= 11 is 1.41. The van der Waals surface area contributed by atoms with Crippen LogP contribution in [0.2, 0.25) is 0 Å². The van der Waals surface area contributed by atoms with Crippen LogP contribution in [0.4, 0.5) is 17.1 Å². The van der Waals surface area contributed by atoms with Gasteiger partial charge >= 0.3 is 5.97 Å². The van der Waals surface area contributed by atoms with E-state index in [-0.39, 0.29) is 5.57 Å². The molecule has 18 aromatic rings. The van der Waals surface area contributed by atoms with Gasteiger partial charge < -0.3 is 29.9 Å². The molecule has 0 saturated heterocycles. The first-order chi connectivity index (χ1) is 56.6. The maximum atomic E-state index is 11.7. The second-order valence-corrected chi connectivity index (χ2v) is 29.1. The fraction of sp³-hybridized carbons (Fsp3) is 0. The van der Waals surface area contributed by atoms with E-state index < -0.39 is 5.97 Å². The van der Waals surface area contributed by atoms with Crippen molar-refractivity contribution in [1.29, 1.82) is 5.26 Å². The number of hydrogen-bond donors (Lipinski definition) is 5. The van der Waals surface area contributed by atoms with Crippen molar-refractivity contribution in [3.8, 4) is 108 Å². The summed E-state index contributed by atoms with van der Waals surface area (Å²) in [5.74, 6) is 2.92. The summed E-state index contributed by atoms with van der Waals surface area (Å²) in [6, 6.07) is 91.5. The van der Waals surface area contributed by atoms with E-state index in [0.717, 1.165) is 137 Å². The van der Waals surface area contributed by atoms with Gasteiger partial charge in [-0.3, -0.25) is 0 Å². The zero-order valence-corrected chi connectivity index (χ0v) is 61.1. The standard InChI is InChI=1S/C94H54N18O2S/c95-50-56(94(113)114)49-60-43-46-77(115-60)55-35-41-59(42-36-55)112(57-37-29-51(30-38-57)25-27-53-33-44-73-75(47-53)92-108-88-71-23-11-9-21-69(71)84(104-88)100-80-63-15-3-1-13-61(63)78(96-80)98-82-65-17-5-7-19-67(65)86(102-82)106-90(73)110-92)58-39-31-52(32-40-58)26-28-54-34-45-74-76(48-54)93-109-89-72-24-12-10-22-70(72)85(105-89)101-81-64-16-4-2-14-62(64)79(97-81)99-83-66-18-6-8-20-68(66)87(103-83)107-91(74)111-93/h1-49H,(H,113,114)(H2,96,98,100,102,104,106,108,110)(H2,97,99,101,103,105,107,109,111)/b27-25+,28-26+,56-49+. The quantitative estimate of drug-likeness (QED) is 0.0483. The number of aromatic nitrogens is 16. The van der Waals surface area contributed by atoms with E-state index >= 15 is 0 Å². The zero-order valence-electron chi connectivity index (χ0n) is 60.3. The third-order valence-corrected chi connectivity index (χ3v) is 22.1. The van der Waals surface area contributed by atoms with Gasteiger partial charge in [-0.25, -0.2) is 64.6 Å². The van der Waals surface area contributed by atoms with Crippen molar-refractivity contribution in [2.24, 2.45) is 0 Å². The molecule has 4 aliphatic rings. The van der Waals surface area contributed by atoms with E-state index in [1.807, 2.05) is 158 Å². The number of benzene rings is 11. The number of rotatable bonds is 10. The Labute approximate surface area is 656 Å². The summed E-state index contributed by atoms with van der Waals surface area (Å²) in [5, 5.41) is 26.2. The smallest absolute Gasteiger partial charge is 0.346 e. The summed E-state index contributed by atoms with van der Waals surface area (Å²) in [6.07, 6.45) is 9.79. The Morgan fingerprint density at radius 1 is 0.313 bits per heavy atom. The predicted molar refractivity (Wildman–Crippen MR) is 456 cm³/mol. The van der Waals surface area contributed by atoms with Gasteiger partial charge in [0.1, 0.15) is 56.8 Å². The molecule has 0 spiro atoms. The third kappa shape index (κ3) is 11.6. The van der Waals surface area contributed by atoms with Crippen molar-refractivity contribution >= 4 is 153 Å². The monoisotopic (exact) mass is 1500 g/mol. The maximum Gasteiger partial charge on any atom is 0.346 e. The number of anilines is 3. The number of aromatic amines is 4. The van der Waals surface area contributed by atoms with Gasteiger partial charge in [-0.1, -0.05) is 218 Å². The lowest BCUT2D eigenvalue weighted by Gasteiger charge is -2.26. The van der Waals surface area contributed by atoms with Gasteiger partial charge in [0.05, 0.1) is 0 Å². The summed E-state index contributed by atoms with van der Waals surface area (Å²) < 4.78 is 0. The molecule has 22 rings (SSSR count). The molecule has 5 N–H and O–H groups in total. The number of hydrogen-bond acceptors (Lipinski definition) is 16. The van der Waals surface area contributed by atoms with Crippen molar-refractivity contribution in [1.82, 2.24) is 79.7 Å². The largest absolute Gasteiger partial charge is 0.477 e. The Morgan fingerprint density at radius 3 is 0.887 bits per heavy atom. The fourth-order valence-electron chi connectivity index (χ4n) is 15.5. The normalized spacial score (nSPS) is 12.2. The first-order valence-electron chi connectivity index (χ1n) is 37.1. The molecule has 21 heteroatoms. The van der Waals surface area contributed by atoms with Crippen LogP contribution in [0.15, 0.2) is 272 Å². The molecule has 0 radical (unpaired) electrons. The summed E-state index contributed by atoms with van der Waals surface area (Å²) in [5.41, 5.74) is 18.9. The molecular formula is C94H54N18O2S. The van der Waals surface area contributed by atoms with Crippen LogP contribution in [0.3, 0.4) is 0 Å². The molecule has 4 aliphatic heterocycles. The Bertz CT molecular complexity index is 7330. The Morgan fingerprint density at radius 2 is 0.583 bits per heavy atom. The number of carboxylic acid groups (broad SMARTS) is 1. The first-order valence-corrected chi connectivity index (χ1v) is 37.9. The second kappa shape index (κ2) is 26.6. The Kier molecular flexibility index (Phi) is 15.2. The minimum Gasteiger partial charge on any atom is -0.477 e. The van der Waals surface area contributed by atoms with Gasteiger partial charge in [0.2, 0.25) is 0 Å². The number of H-pyrrole nitrogens is 4. The van der Waals surface area contributed by atoms with E-state index in [9.17, 15) is 15.2 Å². The summed E-state index contributed by atoms with van der Waals surface area (Å²) in [7, 11) is 0. The topological polar surface area (TPSA) is 282 Å². The highest BCUT2D eigenvalue weighted by atomic mass is 32.1. The van der Waals surface area contributed by atoms with E-state index in [2.05, 4.69) is 158 Å². The molecule has 0 aliphatic carbocycles. The number of nitrogens with one attached hydrogen (secondary N) is 4. The van der Waals surface area contributed by atoms with Crippen molar-refractivity contribution < 1.29 is 9.90 Å². The highest BCUT2D eigenvalue weighted by molar-refractivity contribution is 7.16. The van der Waals surface area contributed by atoms with Gasteiger partial charge in [0, 0.05) is 114 Å². The van der Waals surface area contributed by atoms with Crippen LogP contribution in [-0.2, 0) is 4.79 Å². The van der Waals surface area contributed by atoms with Crippen LogP contribution in [-0.4, -0.2) is 90.8 Å². The summed E-state index contributed by atoms with van der Waals surface area (Å²) in [6.45, 7) is 0. The Balaban J connectivity index is 0.601. The lowest BCUT2D eigenvalue weighted by atomic mass is 10.0. The molecule has 0 atom stereocenters. The van der Waals surface area contributed by atoms with E-state index in [4.69, 9.17) is 59.8 Å². The first kappa shape index (κ1) is 65.9. The van der Waals surface area contributed by atoms with Crippen molar-refractivity contribution in [2.75, 3.05) is 4.90 Å². The number of aliphatic carboxylic acids is 1. The van der Waals surface area contributed by atoms with Crippen LogP contribution in [0.1, 0.15) is 27.1 Å². The van der Waals surface area contributed by atoms with Crippen molar-refractivity contribution in [2.45, 2.75) is 0 Å². The molecule has 11 heterocycles. The van der Waals surface area contributed by atoms with Crippen molar-refractivity contribution in [3.63, 3.8) is 0 Å². The number of carbonyl (C=O) groups is 1. The Hall–Kier alpha value is -16.2. The molecule has 115 heavy (non-hydrogen) atoms. The van der Waals surface area contributed by atoms with Gasteiger partial charge in [-0.05, 0) is 107 Å². The minimum absolute atomic E-state index is 0.328. The predicted octanol–water partition coefficient (Wildman–Crippen LogP) is 21.6. The molecule has 0 amide bonds. The third-order valence-electron chi connectivity index (χ3n) is 21.1.